The van der Waals surface area contributed by atoms with Crippen LogP contribution in [-0.4, -0.2) is 29.4 Å². The van der Waals surface area contributed by atoms with E-state index >= 15 is 0 Å². The molecule has 1 aromatic heterocycles. The van der Waals surface area contributed by atoms with E-state index in [4.69, 9.17) is 0 Å². The summed E-state index contributed by atoms with van der Waals surface area (Å²) in [6, 6.07) is 11.0. The van der Waals surface area contributed by atoms with Crippen molar-refractivity contribution in [2.45, 2.75) is 32.4 Å². The van der Waals surface area contributed by atoms with Gasteiger partial charge in [0.15, 0.2) is 0 Å². The second kappa shape index (κ2) is 7.49. The van der Waals surface area contributed by atoms with E-state index in [0.29, 0.717) is 19.5 Å². The third kappa shape index (κ3) is 3.76. The van der Waals surface area contributed by atoms with Gasteiger partial charge in [0, 0.05) is 17.1 Å². The molecule has 126 valence electrons. The Morgan fingerprint density at radius 1 is 1.25 bits per heavy atom. The predicted molar refractivity (Wildman–Crippen MR) is 96.1 cm³/mol. The molecule has 2 aromatic rings. The van der Waals surface area contributed by atoms with Crippen LogP contribution in [0.2, 0.25) is 0 Å². The second-order valence-corrected chi connectivity index (χ2v) is 6.93. The van der Waals surface area contributed by atoms with Crippen LogP contribution in [0.15, 0.2) is 41.8 Å². The lowest BCUT2D eigenvalue weighted by molar-refractivity contribution is -0.124. The first kappa shape index (κ1) is 16.5. The number of urea groups is 1. The first-order valence-corrected chi connectivity index (χ1v) is 8.96. The molecular weight excluding hydrogens is 322 g/mol. The standard InChI is InChI=1S/C18H21N3O2S/c1-13-6-2-3-8-15(13)20-18(23)21-10-4-9-16(21)17(22)19-12-14-7-5-11-24-14/h2-3,5-8,11,16H,4,9-10,12H2,1H3,(H,19,22)(H,20,23)/t16-/m0/s1. The van der Waals surface area contributed by atoms with Crippen LogP contribution in [0.25, 0.3) is 0 Å². The number of benzene rings is 1. The molecule has 1 fully saturated rings. The van der Waals surface area contributed by atoms with Crippen LogP contribution in [-0.2, 0) is 11.3 Å². The summed E-state index contributed by atoms with van der Waals surface area (Å²) in [4.78, 5) is 27.7. The minimum absolute atomic E-state index is 0.0826. The third-order valence-corrected chi connectivity index (χ3v) is 5.10. The summed E-state index contributed by atoms with van der Waals surface area (Å²) in [7, 11) is 0. The Hall–Kier alpha value is -2.34. The number of likely N-dealkylation sites (tertiary alicyclic amines) is 1. The van der Waals surface area contributed by atoms with Crippen molar-refractivity contribution in [3.63, 3.8) is 0 Å². The largest absolute Gasteiger partial charge is 0.349 e. The zero-order valence-electron chi connectivity index (χ0n) is 13.6. The topological polar surface area (TPSA) is 61.4 Å². The van der Waals surface area contributed by atoms with Crippen LogP contribution < -0.4 is 10.6 Å². The zero-order valence-corrected chi connectivity index (χ0v) is 14.4. The van der Waals surface area contributed by atoms with Crippen LogP contribution in [0.3, 0.4) is 0 Å². The van der Waals surface area contributed by atoms with Crippen molar-refractivity contribution in [3.05, 3.63) is 52.2 Å². The second-order valence-electron chi connectivity index (χ2n) is 5.89. The number of nitrogens with zero attached hydrogens (tertiary/aromatic N) is 1. The molecule has 24 heavy (non-hydrogen) atoms. The van der Waals surface area contributed by atoms with Gasteiger partial charge in [0.1, 0.15) is 6.04 Å². The van der Waals surface area contributed by atoms with Crippen molar-refractivity contribution in [2.75, 3.05) is 11.9 Å². The molecule has 0 spiro atoms. The van der Waals surface area contributed by atoms with Gasteiger partial charge in [-0.05, 0) is 42.8 Å². The Labute approximate surface area is 145 Å². The third-order valence-electron chi connectivity index (χ3n) is 4.22. The minimum Gasteiger partial charge on any atom is -0.349 e. The summed E-state index contributed by atoms with van der Waals surface area (Å²) in [6.07, 6.45) is 1.55. The monoisotopic (exact) mass is 343 g/mol. The van der Waals surface area contributed by atoms with Gasteiger partial charge in [-0.15, -0.1) is 11.3 Å². The first-order valence-electron chi connectivity index (χ1n) is 8.08. The molecule has 1 aliphatic heterocycles. The maximum atomic E-state index is 12.6. The Bertz CT molecular complexity index is 715. The van der Waals surface area contributed by atoms with E-state index in [1.54, 1.807) is 16.2 Å². The van der Waals surface area contributed by atoms with E-state index in [1.807, 2.05) is 48.7 Å². The maximum Gasteiger partial charge on any atom is 0.322 e. The summed E-state index contributed by atoms with van der Waals surface area (Å²) in [5.74, 6) is -0.0826. The van der Waals surface area contributed by atoms with Crippen molar-refractivity contribution >= 4 is 29.0 Å². The van der Waals surface area contributed by atoms with Crippen LogP contribution >= 0.6 is 11.3 Å². The Balaban J connectivity index is 1.61. The molecule has 6 heteroatoms. The molecule has 5 nitrogen and oxygen atoms in total. The fourth-order valence-corrected chi connectivity index (χ4v) is 3.53. The quantitative estimate of drug-likeness (QED) is 0.894. The Morgan fingerprint density at radius 3 is 2.83 bits per heavy atom. The lowest BCUT2D eigenvalue weighted by atomic mass is 10.2. The molecule has 1 aliphatic rings. The molecule has 0 bridgehead atoms. The molecule has 0 radical (unpaired) electrons. The van der Waals surface area contributed by atoms with Crippen LogP contribution in [0.4, 0.5) is 10.5 Å². The van der Waals surface area contributed by atoms with E-state index in [-0.39, 0.29) is 11.9 Å². The van der Waals surface area contributed by atoms with Gasteiger partial charge in [-0.1, -0.05) is 24.3 Å². The van der Waals surface area contributed by atoms with Crippen molar-refractivity contribution in [2.24, 2.45) is 0 Å². The van der Waals surface area contributed by atoms with Gasteiger partial charge in [0.25, 0.3) is 0 Å². The molecular formula is C18H21N3O2S. The number of anilines is 1. The SMILES string of the molecule is Cc1ccccc1NC(=O)N1CCC[C@H]1C(=O)NCc1cccs1. The van der Waals surface area contributed by atoms with Gasteiger partial charge in [0.05, 0.1) is 6.54 Å². The number of para-hydroxylation sites is 1. The van der Waals surface area contributed by atoms with E-state index in [9.17, 15) is 9.59 Å². The molecule has 1 saturated heterocycles. The van der Waals surface area contributed by atoms with E-state index in [0.717, 1.165) is 22.5 Å². The van der Waals surface area contributed by atoms with E-state index in [2.05, 4.69) is 10.6 Å². The minimum atomic E-state index is -0.394. The highest BCUT2D eigenvalue weighted by Crippen LogP contribution is 2.21. The number of hydrogen-bond acceptors (Lipinski definition) is 3. The lowest BCUT2D eigenvalue weighted by Gasteiger charge is -2.24. The fourth-order valence-electron chi connectivity index (χ4n) is 2.89. The number of aryl methyl sites for hydroxylation is 1. The number of rotatable bonds is 4. The maximum absolute atomic E-state index is 12.6. The van der Waals surface area contributed by atoms with Crippen molar-refractivity contribution in [3.8, 4) is 0 Å². The van der Waals surface area contributed by atoms with Crippen LogP contribution in [0.1, 0.15) is 23.3 Å². The fraction of sp³-hybridized carbons (Fsp3) is 0.333. The number of nitrogens with one attached hydrogen (secondary N) is 2. The number of carbonyl (C=O) groups excluding carboxylic acids is 2. The van der Waals surface area contributed by atoms with Crippen molar-refractivity contribution < 1.29 is 9.59 Å². The average Bonchev–Trinajstić information content (AvgIpc) is 3.26. The number of hydrogen-bond donors (Lipinski definition) is 2. The molecule has 0 saturated carbocycles. The summed E-state index contributed by atoms with van der Waals surface area (Å²) in [6.45, 7) is 3.07. The highest BCUT2D eigenvalue weighted by atomic mass is 32.1. The Morgan fingerprint density at radius 2 is 2.08 bits per heavy atom. The van der Waals surface area contributed by atoms with Gasteiger partial charge in [-0.3, -0.25) is 4.79 Å². The molecule has 2 N–H and O–H groups in total. The summed E-state index contributed by atoms with van der Waals surface area (Å²) < 4.78 is 0. The van der Waals surface area contributed by atoms with Crippen LogP contribution in [0.5, 0.6) is 0 Å². The zero-order chi connectivity index (χ0) is 16.9. The summed E-state index contributed by atoms with van der Waals surface area (Å²) in [5.41, 5.74) is 1.79. The molecule has 0 aliphatic carbocycles. The van der Waals surface area contributed by atoms with Crippen molar-refractivity contribution in [1.82, 2.24) is 10.2 Å². The predicted octanol–water partition coefficient (Wildman–Crippen LogP) is 3.37. The number of thiophene rings is 1. The summed E-state index contributed by atoms with van der Waals surface area (Å²) >= 11 is 1.61. The van der Waals surface area contributed by atoms with Gasteiger partial charge >= 0.3 is 6.03 Å². The normalized spacial score (nSPS) is 16.9. The molecule has 1 aromatic carbocycles. The molecule has 3 rings (SSSR count). The Kier molecular flexibility index (Phi) is 5.15. The van der Waals surface area contributed by atoms with Crippen molar-refractivity contribution in [1.29, 1.82) is 0 Å². The van der Waals surface area contributed by atoms with E-state index < -0.39 is 6.04 Å². The molecule has 2 heterocycles. The highest BCUT2D eigenvalue weighted by Gasteiger charge is 2.34. The molecule has 1 atom stereocenters. The number of amides is 3. The van der Waals surface area contributed by atoms with Gasteiger partial charge in [-0.25, -0.2) is 4.79 Å². The molecule has 3 amide bonds. The first-order chi connectivity index (χ1) is 11.6. The molecule has 0 unspecified atom stereocenters. The van der Waals surface area contributed by atoms with Gasteiger partial charge in [-0.2, -0.15) is 0 Å². The summed E-state index contributed by atoms with van der Waals surface area (Å²) in [5, 5.41) is 7.84. The van der Waals surface area contributed by atoms with Gasteiger partial charge < -0.3 is 15.5 Å². The lowest BCUT2D eigenvalue weighted by Crippen LogP contribution is -2.47. The average molecular weight is 343 g/mol. The number of carbonyl (C=O) groups is 2. The highest BCUT2D eigenvalue weighted by molar-refractivity contribution is 7.09. The van der Waals surface area contributed by atoms with E-state index in [1.165, 1.54) is 0 Å². The van der Waals surface area contributed by atoms with Gasteiger partial charge in [0.2, 0.25) is 5.91 Å². The van der Waals surface area contributed by atoms with Crippen LogP contribution in [0, 0.1) is 6.92 Å². The smallest absolute Gasteiger partial charge is 0.322 e.